The first-order valence-corrected chi connectivity index (χ1v) is 6.71. The summed E-state index contributed by atoms with van der Waals surface area (Å²) < 4.78 is 13.5. The molecule has 0 saturated carbocycles. The van der Waals surface area contributed by atoms with Gasteiger partial charge < -0.3 is 5.32 Å². The summed E-state index contributed by atoms with van der Waals surface area (Å²) in [6.45, 7) is 3.72. The van der Waals surface area contributed by atoms with E-state index in [1.54, 1.807) is 25.1 Å². The van der Waals surface area contributed by atoms with Gasteiger partial charge in [0.05, 0.1) is 6.04 Å². The minimum absolute atomic E-state index is 0.0368. The highest BCUT2D eigenvalue weighted by molar-refractivity contribution is 6.35. The Morgan fingerprint density at radius 2 is 1.89 bits per heavy atom. The fourth-order valence-electron chi connectivity index (χ4n) is 1.93. The minimum atomic E-state index is -0.223. The largest absolute Gasteiger partial charge is 0.378 e. The second kappa shape index (κ2) is 5.81. The Morgan fingerprint density at radius 1 is 1.16 bits per heavy atom. The maximum atomic E-state index is 13.5. The van der Waals surface area contributed by atoms with Crippen molar-refractivity contribution in [1.82, 2.24) is 0 Å². The fourth-order valence-corrected chi connectivity index (χ4v) is 2.50. The van der Waals surface area contributed by atoms with Gasteiger partial charge in [0.25, 0.3) is 0 Å². The summed E-state index contributed by atoms with van der Waals surface area (Å²) in [6, 6.07) is 10.3. The highest BCUT2D eigenvalue weighted by atomic mass is 35.5. The van der Waals surface area contributed by atoms with E-state index in [0.717, 1.165) is 11.3 Å². The van der Waals surface area contributed by atoms with E-state index in [0.29, 0.717) is 15.6 Å². The summed E-state index contributed by atoms with van der Waals surface area (Å²) in [5.74, 6) is -0.223. The molecule has 4 heteroatoms. The van der Waals surface area contributed by atoms with Crippen LogP contribution in [-0.2, 0) is 0 Å². The lowest BCUT2D eigenvalue weighted by molar-refractivity contribution is 0.618. The molecule has 100 valence electrons. The predicted octanol–water partition coefficient (Wildman–Crippen LogP) is 5.61. The first-order chi connectivity index (χ1) is 8.99. The average Bonchev–Trinajstić information content (AvgIpc) is 2.34. The molecule has 0 amide bonds. The lowest BCUT2D eigenvalue weighted by Crippen LogP contribution is -2.08. The molecule has 2 aromatic rings. The molecular formula is C15H14Cl2FN. The molecular weight excluding hydrogens is 284 g/mol. The number of rotatable bonds is 3. The van der Waals surface area contributed by atoms with Gasteiger partial charge in [0.1, 0.15) is 5.82 Å². The molecule has 1 N–H and O–H groups in total. The second-order valence-electron chi connectivity index (χ2n) is 4.44. The third-order valence-electron chi connectivity index (χ3n) is 3.07. The molecule has 0 aromatic heterocycles. The van der Waals surface area contributed by atoms with Crippen molar-refractivity contribution >= 4 is 28.9 Å². The Bertz CT molecular complexity index is 599. The number of benzene rings is 2. The van der Waals surface area contributed by atoms with E-state index in [4.69, 9.17) is 23.2 Å². The SMILES string of the molecule is Cc1c(F)cccc1NC(C)c1ccc(Cl)cc1Cl. The Labute approximate surface area is 122 Å². The summed E-state index contributed by atoms with van der Waals surface area (Å²) in [5, 5.41) is 4.46. The van der Waals surface area contributed by atoms with Gasteiger partial charge in [0.15, 0.2) is 0 Å². The maximum absolute atomic E-state index is 13.5. The zero-order valence-corrected chi connectivity index (χ0v) is 12.2. The van der Waals surface area contributed by atoms with Crippen LogP contribution < -0.4 is 5.32 Å². The van der Waals surface area contributed by atoms with E-state index in [-0.39, 0.29) is 11.9 Å². The van der Waals surface area contributed by atoms with Crippen molar-refractivity contribution in [3.8, 4) is 0 Å². The summed E-state index contributed by atoms with van der Waals surface area (Å²) in [7, 11) is 0. The van der Waals surface area contributed by atoms with Crippen molar-refractivity contribution in [2.45, 2.75) is 19.9 Å². The van der Waals surface area contributed by atoms with Gasteiger partial charge in [-0.05, 0) is 43.7 Å². The van der Waals surface area contributed by atoms with E-state index < -0.39 is 0 Å². The molecule has 1 unspecified atom stereocenters. The third-order valence-corrected chi connectivity index (χ3v) is 3.63. The summed E-state index contributed by atoms with van der Waals surface area (Å²) in [6.07, 6.45) is 0. The zero-order valence-electron chi connectivity index (χ0n) is 10.7. The van der Waals surface area contributed by atoms with Gasteiger partial charge in [-0.1, -0.05) is 35.3 Å². The van der Waals surface area contributed by atoms with Crippen molar-refractivity contribution in [1.29, 1.82) is 0 Å². The molecule has 0 aliphatic rings. The molecule has 0 saturated heterocycles. The Kier molecular flexibility index (Phi) is 4.33. The molecule has 0 bridgehead atoms. The highest BCUT2D eigenvalue weighted by Gasteiger charge is 2.12. The van der Waals surface area contributed by atoms with Gasteiger partial charge in [-0.3, -0.25) is 0 Å². The van der Waals surface area contributed by atoms with Crippen molar-refractivity contribution < 1.29 is 4.39 Å². The Balaban J connectivity index is 2.25. The van der Waals surface area contributed by atoms with Crippen LogP contribution in [0, 0.1) is 12.7 Å². The quantitative estimate of drug-likeness (QED) is 0.776. The van der Waals surface area contributed by atoms with E-state index in [2.05, 4.69) is 5.32 Å². The zero-order chi connectivity index (χ0) is 14.0. The molecule has 0 aliphatic heterocycles. The molecule has 2 rings (SSSR count). The molecule has 1 nitrogen and oxygen atoms in total. The fraction of sp³-hybridized carbons (Fsp3) is 0.200. The lowest BCUT2D eigenvalue weighted by Gasteiger charge is -2.19. The van der Waals surface area contributed by atoms with Crippen molar-refractivity contribution in [3.05, 3.63) is 63.4 Å². The maximum Gasteiger partial charge on any atom is 0.128 e. The monoisotopic (exact) mass is 297 g/mol. The summed E-state index contributed by atoms with van der Waals surface area (Å²) in [4.78, 5) is 0. The normalized spacial score (nSPS) is 12.3. The lowest BCUT2D eigenvalue weighted by atomic mass is 10.1. The Morgan fingerprint density at radius 3 is 2.58 bits per heavy atom. The molecule has 1 atom stereocenters. The van der Waals surface area contributed by atoms with Crippen molar-refractivity contribution in [2.75, 3.05) is 5.32 Å². The van der Waals surface area contributed by atoms with Crippen LogP contribution in [0.3, 0.4) is 0 Å². The molecule has 19 heavy (non-hydrogen) atoms. The average molecular weight is 298 g/mol. The van der Waals surface area contributed by atoms with Crippen LogP contribution in [0.4, 0.5) is 10.1 Å². The molecule has 0 spiro atoms. The number of hydrogen-bond acceptors (Lipinski definition) is 1. The number of nitrogens with one attached hydrogen (secondary N) is 1. The highest BCUT2D eigenvalue weighted by Crippen LogP contribution is 2.29. The van der Waals surface area contributed by atoms with Crippen LogP contribution in [0.25, 0.3) is 0 Å². The second-order valence-corrected chi connectivity index (χ2v) is 5.29. The molecule has 0 aliphatic carbocycles. The van der Waals surface area contributed by atoms with Crippen molar-refractivity contribution in [3.63, 3.8) is 0 Å². The minimum Gasteiger partial charge on any atom is -0.378 e. The summed E-state index contributed by atoms with van der Waals surface area (Å²) in [5.41, 5.74) is 2.28. The third kappa shape index (κ3) is 3.20. The van der Waals surface area contributed by atoms with E-state index in [9.17, 15) is 4.39 Å². The van der Waals surface area contributed by atoms with E-state index >= 15 is 0 Å². The van der Waals surface area contributed by atoms with E-state index in [1.807, 2.05) is 19.1 Å². The number of anilines is 1. The van der Waals surface area contributed by atoms with Gasteiger partial charge in [0.2, 0.25) is 0 Å². The van der Waals surface area contributed by atoms with Gasteiger partial charge in [-0.15, -0.1) is 0 Å². The van der Waals surface area contributed by atoms with Gasteiger partial charge in [-0.2, -0.15) is 0 Å². The van der Waals surface area contributed by atoms with Crippen LogP contribution in [0.2, 0.25) is 10.0 Å². The van der Waals surface area contributed by atoms with Crippen LogP contribution in [0.1, 0.15) is 24.1 Å². The molecule has 0 heterocycles. The van der Waals surface area contributed by atoms with Crippen LogP contribution in [0.5, 0.6) is 0 Å². The molecule has 0 fully saturated rings. The Hall–Kier alpha value is -1.25. The summed E-state index contributed by atoms with van der Waals surface area (Å²) >= 11 is 12.0. The first kappa shape index (κ1) is 14.2. The molecule has 2 aromatic carbocycles. The molecule has 0 radical (unpaired) electrons. The number of hydrogen-bond donors (Lipinski definition) is 1. The first-order valence-electron chi connectivity index (χ1n) is 5.95. The predicted molar refractivity (Wildman–Crippen MR) is 79.6 cm³/mol. The van der Waals surface area contributed by atoms with Crippen LogP contribution >= 0.6 is 23.2 Å². The van der Waals surface area contributed by atoms with Gasteiger partial charge >= 0.3 is 0 Å². The standard InChI is InChI=1S/C15H14Cl2FN/c1-9-14(18)4-3-5-15(9)19-10(2)12-7-6-11(16)8-13(12)17/h3-8,10,19H,1-2H3. The van der Waals surface area contributed by atoms with Crippen molar-refractivity contribution in [2.24, 2.45) is 0 Å². The smallest absolute Gasteiger partial charge is 0.128 e. The van der Waals surface area contributed by atoms with E-state index in [1.165, 1.54) is 6.07 Å². The van der Waals surface area contributed by atoms with Crippen LogP contribution in [0.15, 0.2) is 36.4 Å². The van der Waals surface area contributed by atoms with Gasteiger partial charge in [0, 0.05) is 21.3 Å². The number of halogens is 3. The topological polar surface area (TPSA) is 12.0 Å². The van der Waals surface area contributed by atoms with Gasteiger partial charge in [-0.25, -0.2) is 4.39 Å². The van der Waals surface area contributed by atoms with Crippen LogP contribution in [-0.4, -0.2) is 0 Å².